The minimum absolute atomic E-state index is 0.00456. The van der Waals surface area contributed by atoms with E-state index < -0.39 is 15.7 Å². The number of nitrogen functional groups attached to an aromatic ring is 1. The zero-order valence-electron chi connectivity index (χ0n) is 9.91. The van der Waals surface area contributed by atoms with Gasteiger partial charge in [-0.25, -0.2) is 18.4 Å². The SMILES string of the molecule is CN(C(=O)c1nccnc1N)C1CCS(=O)(=O)C1. The lowest BCUT2D eigenvalue weighted by atomic mass is 10.2. The number of amides is 1. The fourth-order valence-electron chi connectivity index (χ4n) is 1.93. The first kappa shape index (κ1) is 12.7. The van der Waals surface area contributed by atoms with Crippen molar-refractivity contribution >= 4 is 21.6 Å². The van der Waals surface area contributed by atoms with Gasteiger partial charge in [-0.1, -0.05) is 0 Å². The Morgan fingerprint density at radius 2 is 2.11 bits per heavy atom. The van der Waals surface area contributed by atoms with Crippen LogP contribution in [-0.2, 0) is 9.84 Å². The molecule has 7 nitrogen and oxygen atoms in total. The molecule has 2 rings (SSSR count). The van der Waals surface area contributed by atoms with Crippen LogP contribution >= 0.6 is 0 Å². The molecular weight excluding hydrogens is 256 g/mol. The van der Waals surface area contributed by atoms with Crippen LogP contribution in [0.2, 0.25) is 0 Å². The van der Waals surface area contributed by atoms with E-state index in [1.807, 2.05) is 0 Å². The number of carbonyl (C=O) groups is 1. The summed E-state index contributed by atoms with van der Waals surface area (Å²) >= 11 is 0. The topological polar surface area (TPSA) is 106 Å². The smallest absolute Gasteiger partial charge is 0.276 e. The van der Waals surface area contributed by atoms with E-state index in [9.17, 15) is 13.2 Å². The van der Waals surface area contributed by atoms with Crippen molar-refractivity contribution in [3.63, 3.8) is 0 Å². The second-order valence-corrected chi connectivity index (χ2v) is 6.49. The molecule has 0 saturated carbocycles. The molecular formula is C10H14N4O3S. The van der Waals surface area contributed by atoms with Crippen molar-refractivity contribution in [2.75, 3.05) is 24.3 Å². The summed E-state index contributed by atoms with van der Waals surface area (Å²) in [5, 5.41) is 0. The van der Waals surface area contributed by atoms with Gasteiger partial charge in [0.05, 0.1) is 11.5 Å². The molecule has 0 aliphatic carbocycles. The van der Waals surface area contributed by atoms with Gasteiger partial charge in [-0.2, -0.15) is 0 Å². The Morgan fingerprint density at radius 1 is 1.44 bits per heavy atom. The number of carbonyl (C=O) groups excluding carboxylic acids is 1. The summed E-state index contributed by atoms with van der Waals surface area (Å²) < 4.78 is 22.8. The summed E-state index contributed by atoms with van der Waals surface area (Å²) in [6, 6.07) is -0.316. The van der Waals surface area contributed by atoms with Crippen molar-refractivity contribution in [3.05, 3.63) is 18.1 Å². The van der Waals surface area contributed by atoms with E-state index in [4.69, 9.17) is 5.73 Å². The molecule has 2 N–H and O–H groups in total. The maximum atomic E-state index is 12.1. The monoisotopic (exact) mass is 270 g/mol. The zero-order chi connectivity index (χ0) is 13.3. The van der Waals surface area contributed by atoms with Crippen LogP contribution in [0.4, 0.5) is 5.82 Å². The van der Waals surface area contributed by atoms with Crippen LogP contribution in [0.25, 0.3) is 0 Å². The van der Waals surface area contributed by atoms with E-state index in [0.29, 0.717) is 6.42 Å². The number of hydrogen-bond donors (Lipinski definition) is 1. The minimum Gasteiger partial charge on any atom is -0.382 e. The van der Waals surface area contributed by atoms with Crippen LogP contribution in [0.1, 0.15) is 16.9 Å². The molecule has 1 unspecified atom stereocenters. The Morgan fingerprint density at radius 3 is 2.67 bits per heavy atom. The maximum absolute atomic E-state index is 12.1. The predicted octanol–water partition coefficient (Wildman–Crippen LogP) is -0.682. The molecule has 0 radical (unpaired) electrons. The second-order valence-electron chi connectivity index (χ2n) is 4.26. The number of aromatic nitrogens is 2. The Labute approximate surface area is 105 Å². The van der Waals surface area contributed by atoms with Crippen LogP contribution < -0.4 is 5.73 Å². The highest BCUT2D eigenvalue weighted by Crippen LogP contribution is 2.18. The summed E-state index contributed by atoms with van der Waals surface area (Å²) in [5.74, 6) is -0.237. The largest absolute Gasteiger partial charge is 0.382 e. The van der Waals surface area contributed by atoms with E-state index in [2.05, 4.69) is 9.97 Å². The van der Waals surface area contributed by atoms with Crippen molar-refractivity contribution in [2.45, 2.75) is 12.5 Å². The molecule has 8 heteroatoms. The van der Waals surface area contributed by atoms with E-state index in [1.165, 1.54) is 17.3 Å². The van der Waals surface area contributed by atoms with Crippen molar-refractivity contribution in [1.82, 2.24) is 14.9 Å². The van der Waals surface area contributed by atoms with Gasteiger partial charge in [-0.15, -0.1) is 0 Å². The minimum atomic E-state index is -3.03. The second kappa shape index (κ2) is 4.52. The van der Waals surface area contributed by atoms with Gasteiger partial charge in [0.15, 0.2) is 21.3 Å². The molecule has 2 heterocycles. The highest BCUT2D eigenvalue weighted by Gasteiger charge is 2.33. The van der Waals surface area contributed by atoms with Crippen molar-refractivity contribution in [3.8, 4) is 0 Å². The molecule has 1 aromatic rings. The third kappa shape index (κ3) is 2.42. The van der Waals surface area contributed by atoms with Gasteiger partial charge in [0, 0.05) is 25.5 Å². The van der Waals surface area contributed by atoms with Gasteiger partial charge >= 0.3 is 0 Å². The highest BCUT2D eigenvalue weighted by molar-refractivity contribution is 7.91. The normalized spacial score (nSPS) is 21.7. The lowest BCUT2D eigenvalue weighted by molar-refractivity contribution is 0.0742. The number of nitrogens with zero attached hydrogens (tertiary/aromatic N) is 3. The number of rotatable bonds is 2. The van der Waals surface area contributed by atoms with E-state index in [-0.39, 0.29) is 29.1 Å². The van der Waals surface area contributed by atoms with Crippen LogP contribution in [0.15, 0.2) is 12.4 Å². The lowest BCUT2D eigenvalue weighted by Crippen LogP contribution is -2.38. The van der Waals surface area contributed by atoms with E-state index in [1.54, 1.807) is 7.05 Å². The molecule has 1 aliphatic rings. The number of nitrogens with two attached hydrogens (primary N) is 1. The summed E-state index contributed by atoms with van der Waals surface area (Å²) in [5.41, 5.74) is 5.63. The highest BCUT2D eigenvalue weighted by atomic mass is 32.2. The van der Waals surface area contributed by atoms with Gasteiger partial charge in [0.25, 0.3) is 5.91 Å². The fraction of sp³-hybridized carbons (Fsp3) is 0.500. The Kier molecular flexibility index (Phi) is 3.20. The average molecular weight is 270 g/mol. The Hall–Kier alpha value is -1.70. The molecule has 18 heavy (non-hydrogen) atoms. The first-order chi connectivity index (χ1) is 8.41. The van der Waals surface area contributed by atoms with Gasteiger partial charge in [0.2, 0.25) is 0 Å². The number of sulfone groups is 1. The molecule has 0 aromatic carbocycles. The third-order valence-corrected chi connectivity index (χ3v) is 4.76. The first-order valence-electron chi connectivity index (χ1n) is 5.45. The van der Waals surface area contributed by atoms with E-state index in [0.717, 1.165) is 0 Å². The molecule has 1 fully saturated rings. The van der Waals surface area contributed by atoms with Crippen LogP contribution in [0.5, 0.6) is 0 Å². The number of anilines is 1. The molecule has 1 amide bonds. The summed E-state index contributed by atoms with van der Waals surface area (Å²) in [6.45, 7) is 0. The molecule has 98 valence electrons. The van der Waals surface area contributed by atoms with Gasteiger partial charge in [-0.3, -0.25) is 4.79 Å². The Balaban J connectivity index is 2.18. The molecule has 0 spiro atoms. The van der Waals surface area contributed by atoms with Crippen molar-refractivity contribution < 1.29 is 13.2 Å². The standard InChI is InChI=1S/C10H14N4O3S/c1-14(7-2-5-18(16,17)6-7)10(15)8-9(11)13-4-3-12-8/h3-4,7H,2,5-6H2,1H3,(H2,11,13). The third-order valence-electron chi connectivity index (χ3n) is 3.01. The molecule has 1 aliphatic heterocycles. The molecule has 1 aromatic heterocycles. The van der Waals surface area contributed by atoms with Gasteiger partial charge in [-0.05, 0) is 6.42 Å². The predicted molar refractivity (Wildman–Crippen MR) is 65.6 cm³/mol. The fourth-order valence-corrected chi connectivity index (χ4v) is 3.70. The summed E-state index contributed by atoms with van der Waals surface area (Å²) in [4.78, 5) is 21.2. The van der Waals surface area contributed by atoms with Crippen LogP contribution in [0, 0.1) is 0 Å². The molecule has 1 saturated heterocycles. The van der Waals surface area contributed by atoms with Crippen LogP contribution in [-0.4, -0.2) is 53.8 Å². The Bertz CT molecular complexity index is 572. The van der Waals surface area contributed by atoms with E-state index >= 15 is 0 Å². The number of hydrogen-bond acceptors (Lipinski definition) is 6. The lowest BCUT2D eigenvalue weighted by Gasteiger charge is -2.23. The van der Waals surface area contributed by atoms with Crippen molar-refractivity contribution in [1.29, 1.82) is 0 Å². The quantitative estimate of drug-likeness (QED) is 0.763. The summed E-state index contributed by atoms with van der Waals surface area (Å²) in [6.07, 6.45) is 3.22. The van der Waals surface area contributed by atoms with Gasteiger partial charge in [0.1, 0.15) is 0 Å². The summed E-state index contributed by atoms with van der Waals surface area (Å²) in [7, 11) is -1.47. The first-order valence-corrected chi connectivity index (χ1v) is 7.27. The maximum Gasteiger partial charge on any atom is 0.276 e. The molecule has 0 bridgehead atoms. The zero-order valence-corrected chi connectivity index (χ0v) is 10.7. The van der Waals surface area contributed by atoms with Gasteiger partial charge < -0.3 is 10.6 Å². The van der Waals surface area contributed by atoms with Crippen LogP contribution in [0.3, 0.4) is 0 Å². The van der Waals surface area contributed by atoms with Crippen molar-refractivity contribution in [2.24, 2.45) is 0 Å². The average Bonchev–Trinajstić information content (AvgIpc) is 2.68. The molecule has 1 atom stereocenters.